The number of aliphatic hydroxyl groups is 1. The minimum Gasteiger partial charge on any atom is -0.479 e. The van der Waals surface area contributed by atoms with Crippen molar-refractivity contribution in [2.45, 2.75) is 12.5 Å². The van der Waals surface area contributed by atoms with E-state index < -0.39 is 12.1 Å². The van der Waals surface area contributed by atoms with E-state index in [4.69, 9.17) is 10.2 Å². The van der Waals surface area contributed by atoms with Gasteiger partial charge < -0.3 is 10.2 Å². The van der Waals surface area contributed by atoms with Crippen LogP contribution in [0.4, 0.5) is 0 Å². The number of aliphatic carboxylic acids is 1. The number of rotatable bonds is 3. The topological polar surface area (TPSA) is 70.4 Å². The van der Waals surface area contributed by atoms with Gasteiger partial charge in [0.25, 0.3) is 0 Å². The first-order chi connectivity index (χ1) is 5.20. The normalized spacial score (nSPS) is 12.8. The highest BCUT2D eigenvalue weighted by atomic mass is 32.1. The molecule has 0 bridgehead atoms. The molecule has 0 saturated heterocycles. The van der Waals surface area contributed by atoms with Gasteiger partial charge in [0.05, 0.1) is 11.2 Å². The molecule has 1 aromatic rings. The van der Waals surface area contributed by atoms with Crippen LogP contribution < -0.4 is 0 Å². The van der Waals surface area contributed by atoms with Gasteiger partial charge in [-0.15, -0.1) is 11.3 Å². The number of thiazole rings is 1. The molecule has 0 aliphatic rings. The summed E-state index contributed by atoms with van der Waals surface area (Å²) in [5.74, 6) is -1.21. The molecule has 5 heteroatoms. The molecule has 1 rings (SSSR count). The first kappa shape index (κ1) is 8.16. The Hall–Kier alpha value is -0.940. The molecule has 0 aromatic carbocycles. The van der Waals surface area contributed by atoms with Crippen molar-refractivity contribution in [1.82, 2.24) is 4.98 Å². The fourth-order valence-electron chi connectivity index (χ4n) is 0.624. The molecule has 0 spiro atoms. The van der Waals surface area contributed by atoms with E-state index in [0.717, 1.165) is 0 Å². The van der Waals surface area contributed by atoms with Crippen molar-refractivity contribution in [3.05, 3.63) is 16.6 Å². The molecule has 0 fully saturated rings. The van der Waals surface area contributed by atoms with Crippen LogP contribution in [-0.2, 0) is 11.2 Å². The molecule has 60 valence electrons. The van der Waals surface area contributed by atoms with E-state index in [-0.39, 0.29) is 6.42 Å². The number of carbonyl (C=O) groups is 1. The van der Waals surface area contributed by atoms with Gasteiger partial charge in [-0.25, -0.2) is 9.78 Å². The smallest absolute Gasteiger partial charge is 0.332 e. The van der Waals surface area contributed by atoms with Crippen molar-refractivity contribution < 1.29 is 15.0 Å². The van der Waals surface area contributed by atoms with Gasteiger partial charge >= 0.3 is 5.97 Å². The number of hydrogen-bond acceptors (Lipinski definition) is 4. The summed E-state index contributed by atoms with van der Waals surface area (Å²) in [5.41, 5.74) is 2.22. The lowest BCUT2D eigenvalue weighted by atomic mass is 10.2. The van der Waals surface area contributed by atoms with E-state index in [9.17, 15) is 4.79 Å². The molecule has 1 atom stereocenters. The molecule has 1 aromatic heterocycles. The van der Waals surface area contributed by atoms with Crippen LogP contribution in [0.2, 0.25) is 0 Å². The number of nitrogens with zero attached hydrogens (tertiary/aromatic N) is 1. The Morgan fingerprint density at radius 1 is 1.82 bits per heavy atom. The van der Waals surface area contributed by atoms with Crippen molar-refractivity contribution >= 4 is 17.3 Å². The Morgan fingerprint density at radius 2 is 2.55 bits per heavy atom. The van der Waals surface area contributed by atoms with Crippen LogP contribution in [0.1, 0.15) is 5.69 Å². The highest BCUT2D eigenvalue weighted by molar-refractivity contribution is 7.07. The van der Waals surface area contributed by atoms with Gasteiger partial charge in [0, 0.05) is 11.8 Å². The van der Waals surface area contributed by atoms with Crippen LogP contribution in [-0.4, -0.2) is 27.3 Å². The van der Waals surface area contributed by atoms with Gasteiger partial charge in [-0.3, -0.25) is 0 Å². The Morgan fingerprint density at radius 3 is 3.00 bits per heavy atom. The zero-order valence-corrected chi connectivity index (χ0v) is 6.41. The molecule has 2 N–H and O–H groups in total. The minimum absolute atomic E-state index is 0.0822. The number of hydrogen-bond donors (Lipinski definition) is 2. The van der Waals surface area contributed by atoms with Crippen molar-refractivity contribution in [3.8, 4) is 0 Å². The maximum Gasteiger partial charge on any atom is 0.332 e. The van der Waals surface area contributed by atoms with E-state index in [2.05, 4.69) is 4.98 Å². The second-order valence-electron chi connectivity index (χ2n) is 2.04. The van der Waals surface area contributed by atoms with Gasteiger partial charge in [-0.2, -0.15) is 0 Å². The third kappa shape index (κ3) is 2.28. The standard InChI is InChI=1S/C6H7NO3S/c8-5(6(9)10)1-4-2-11-3-7-4/h2-3,5,8H,1H2,(H,9,10). The Kier molecular flexibility index (Phi) is 2.56. The molecule has 1 unspecified atom stereocenters. The summed E-state index contributed by atoms with van der Waals surface area (Å²) in [6.45, 7) is 0. The van der Waals surface area contributed by atoms with Crippen LogP contribution in [0.5, 0.6) is 0 Å². The maximum absolute atomic E-state index is 10.2. The van der Waals surface area contributed by atoms with Crippen LogP contribution in [0, 0.1) is 0 Å². The predicted molar refractivity (Wildman–Crippen MR) is 39.5 cm³/mol. The van der Waals surface area contributed by atoms with E-state index in [1.165, 1.54) is 11.3 Å². The molecule has 1 heterocycles. The van der Waals surface area contributed by atoms with Gasteiger partial charge in [0.2, 0.25) is 0 Å². The number of aliphatic hydroxyl groups excluding tert-OH is 1. The van der Waals surface area contributed by atoms with E-state index in [1.807, 2.05) is 0 Å². The molecule has 4 nitrogen and oxygen atoms in total. The van der Waals surface area contributed by atoms with E-state index in [1.54, 1.807) is 10.9 Å². The fourth-order valence-corrected chi connectivity index (χ4v) is 1.20. The molecule has 0 aliphatic carbocycles. The lowest BCUT2D eigenvalue weighted by molar-refractivity contribution is -0.146. The number of carboxylic acid groups (broad SMARTS) is 1. The zero-order valence-electron chi connectivity index (χ0n) is 5.60. The second-order valence-corrected chi connectivity index (χ2v) is 2.76. The Bertz CT molecular complexity index is 234. The van der Waals surface area contributed by atoms with Crippen molar-refractivity contribution in [2.75, 3.05) is 0 Å². The van der Waals surface area contributed by atoms with Crippen LogP contribution in [0.3, 0.4) is 0 Å². The average molecular weight is 173 g/mol. The summed E-state index contributed by atoms with van der Waals surface area (Å²) in [6, 6.07) is 0. The van der Waals surface area contributed by atoms with Crippen molar-refractivity contribution in [1.29, 1.82) is 0 Å². The van der Waals surface area contributed by atoms with Crippen molar-refractivity contribution in [3.63, 3.8) is 0 Å². The largest absolute Gasteiger partial charge is 0.479 e. The lowest BCUT2D eigenvalue weighted by Crippen LogP contribution is -2.21. The minimum atomic E-state index is -1.34. The number of aromatic nitrogens is 1. The monoisotopic (exact) mass is 173 g/mol. The van der Waals surface area contributed by atoms with Gasteiger partial charge in [0.1, 0.15) is 0 Å². The summed E-state index contributed by atoms with van der Waals surface area (Å²) in [5, 5.41) is 18.9. The summed E-state index contributed by atoms with van der Waals surface area (Å²) in [6.07, 6.45) is -1.25. The van der Waals surface area contributed by atoms with Gasteiger partial charge in [-0.1, -0.05) is 0 Å². The predicted octanol–water partition coefficient (Wildman–Crippen LogP) is 0.131. The molecular formula is C6H7NO3S. The summed E-state index contributed by atoms with van der Waals surface area (Å²) in [4.78, 5) is 14.0. The third-order valence-electron chi connectivity index (χ3n) is 1.17. The highest BCUT2D eigenvalue weighted by Crippen LogP contribution is 2.04. The van der Waals surface area contributed by atoms with Gasteiger partial charge in [-0.05, 0) is 0 Å². The first-order valence-electron chi connectivity index (χ1n) is 2.98. The SMILES string of the molecule is O=C(O)C(O)Cc1cscn1. The second kappa shape index (κ2) is 3.45. The third-order valence-corrected chi connectivity index (χ3v) is 1.81. The Balaban J connectivity index is 2.50. The van der Waals surface area contributed by atoms with E-state index in [0.29, 0.717) is 5.69 Å². The first-order valence-corrected chi connectivity index (χ1v) is 3.92. The average Bonchev–Trinajstić information content (AvgIpc) is 2.39. The molecule has 0 aliphatic heterocycles. The van der Waals surface area contributed by atoms with Crippen LogP contribution in [0.25, 0.3) is 0 Å². The number of carboxylic acids is 1. The maximum atomic E-state index is 10.2. The van der Waals surface area contributed by atoms with Crippen molar-refractivity contribution in [2.24, 2.45) is 0 Å². The molecular weight excluding hydrogens is 166 g/mol. The van der Waals surface area contributed by atoms with Crippen LogP contribution >= 0.6 is 11.3 Å². The summed E-state index contributed by atoms with van der Waals surface area (Å²) in [7, 11) is 0. The van der Waals surface area contributed by atoms with Gasteiger partial charge in [0.15, 0.2) is 6.10 Å². The molecule has 0 amide bonds. The summed E-state index contributed by atoms with van der Waals surface area (Å²) >= 11 is 1.38. The Labute approximate surface area is 67.1 Å². The quantitative estimate of drug-likeness (QED) is 0.681. The summed E-state index contributed by atoms with van der Waals surface area (Å²) < 4.78 is 0. The molecule has 11 heavy (non-hydrogen) atoms. The fraction of sp³-hybridized carbons (Fsp3) is 0.333. The molecule has 0 saturated carbocycles. The lowest BCUT2D eigenvalue weighted by Gasteiger charge is -2.00. The highest BCUT2D eigenvalue weighted by Gasteiger charge is 2.14. The molecule has 0 radical (unpaired) electrons. The van der Waals surface area contributed by atoms with Crippen LogP contribution in [0.15, 0.2) is 10.9 Å². The zero-order chi connectivity index (χ0) is 8.27. The van der Waals surface area contributed by atoms with E-state index >= 15 is 0 Å².